The molecule has 1 aliphatic carbocycles. The van der Waals surface area contributed by atoms with Crippen molar-refractivity contribution < 1.29 is 14.3 Å². The van der Waals surface area contributed by atoms with Gasteiger partial charge in [-0.3, -0.25) is 4.79 Å². The molecule has 1 aliphatic rings. The number of hydrogen-bond donors (Lipinski definition) is 2. The number of carbonyl (C=O) groups excluding carboxylic acids is 1. The summed E-state index contributed by atoms with van der Waals surface area (Å²) in [5.74, 6) is 0.700. The van der Waals surface area contributed by atoms with Gasteiger partial charge in [0.15, 0.2) is 0 Å². The van der Waals surface area contributed by atoms with Gasteiger partial charge in [-0.2, -0.15) is 0 Å². The molecule has 0 bridgehead atoms. The first kappa shape index (κ1) is 20.3. The number of ether oxygens (including phenoxy) is 2. The first-order valence-corrected chi connectivity index (χ1v) is 10.0. The molecule has 0 saturated carbocycles. The lowest BCUT2D eigenvalue weighted by Crippen LogP contribution is -2.21. The van der Waals surface area contributed by atoms with Gasteiger partial charge in [0.05, 0.1) is 5.56 Å². The van der Waals surface area contributed by atoms with Gasteiger partial charge in [0, 0.05) is 31.5 Å². The van der Waals surface area contributed by atoms with Crippen LogP contribution in [0, 0.1) is 0 Å². The number of nitrogens with zero attached hydrogens (tertiary/aromatic N) is 1. The third kappa shape index (κ3) is 5.53. The largest absolute Gasteiger partial charge is 0.439 e. The molecule has 1 heterocycles. The number of fused-ring (bicyclic) bond motifs is 1. The van der Waals surface area contributed by atoms with Gasteiger partial charge in [-0.1, -0.05) is 19.4 Å². The quantitative estimate of drug-likeness (QED) is 0.577. The van der Waals surface area contributed by atoms with E-state index in [-0.39, 0.29) is 0 Å². The first-order valence-electron chi connectivity index (χ1n) is 10.0. The van der Waals surface area contributed by atoms with Crippen LogP contribution in [0.5, 0.6) is 11.6 Å². The Kier molecular flexibility index (Phi) is 7.39. The molecule has 150 valence electrons. The van der Waals surface area contributed by atoms with Gasteiger partial charge < -0.3 is 20.5 Å². The molecule has 0 aliphatic heterocycles. The molecule has 6 heteroatoms. The van der Waals surface area contributed by atoms with E-state index in [1.54, 1.807) is 12.1 Å². The standard InChI is InChI=1S/C22H29N3O3/c1-2-3-12-27-13-4-11-24-20-9-5-16-14-18(7-8-19(16)20)28-21-10-6-17(15-25-21)22(23)26/h6-8,10,14-15,20,24H,2-5,9,11-13H2,1H3,(H2,23,26). The molecule has 1 aromatic heterocycles. The van der Waals surface area contributed by atoms with Crippen LogP contribution < -0.4 is 15.8 Å². The van der Waals surface area contributed by atoms with E-state index in [2.05, 4.69) is 29.4 Å². The van der Waals surface area contributed by atoms with Crippen molar-refractivity contribution in [2.75, 3.05) is 19.8 Å². The van der Waals surface area contributed by atoms with Crippen molar-refractivity contribution in [1.29, 1.82) is 0 Å². The highest BCUT2D eigenvalue weighted by atomic mass is 16.5. The summed E-state index contributed by atoms with van der Waals surface area (Å²) in [5.41, 5.74) is 8.25. The molecular formula is C22H29N3O3. The van der Waals surface area contributed by atoms with E-state index >= 15 is 0 Å². The lowest BCUT2D eigenvalue weighted by Gasteiger charge is -2.14. The Balaban J connectivity index is 1.49. The number of carbonyl (C=O) groups is 1. The van der Waals surface area contributed by atoms with Crippen LogP contribution >= 0.6 is 0 Å². The predicted octanol–water partition coefficient (Wildman–Crippen LogP) is 3.76. The Morgan fingerprint density at radius 2 is 2.11 bits per heavy atom. The average molecular weight is 383 g/mol. The monoisotopic (exact) mass is 383 g/mol. The van der Waals surface area contributed by atoms with Gasteiger partial charge in [0.1, 0.15) is 5.75 Å². The number of unbranched alkanes of at least 4 members (excludes halogenated alkanes) is 1. The molecule has 0 saturated heterocycles. The van der Waals surface area contributed by atoms with Crippen molar-refractivity contribution in [3.05, 3.63) is 53.2 Å². The van der Waals surface area contributed by atoms with E-state index in [0.717, 1.165) is 51.2 Å². The van der Waals surface area contributed by atoms with E-state index in [1.165, 1.54) is 23.7 Å². The van der Waals surface area contributed by atoms with Crippen LogP contribution in [0.15, 0.2) is 36.5 Å². The van der Waals surface area contributed by atoms with Gasteiger partial charge in [-0.25, -0.2) is 4.98 Å². The van der Waals surface area contributed by atoms with Crippen molar-refractivity contribution in [2.45, 2.75) is 45.1 Å². The van der Waals surface area contributed by atoms with Crippen LogP contribution in [0.2, 0.25) is 0 Å². The van der Waals surface area contributed by atoms with Crippen molar-refractivity contribution >= 4 is 5.91 Å². The van der Waals surface area contributed by atoms with E-state index in [0.29, 0.717) is 17.5 Å². The number of nitrogens with one attached hydrogen (secondary N) is 1. The van der Waals surface area contributed by atoms with Crippen LogP contribution in [0.1, 0.15) is 60.1 Å². The van der Waals surface area contributed by atoms with E-state index in [1.807, 2.05) is 6.07 Å². The Labute approximate surface area is 166 Å². The topological polar surface area (TPSA) is 86.5 Å². The van der Waals surface area contributed by atoms with Crippen LogP contribution in [0.3, 0.4) is 0 Å². The van der Waals surface area contributed by atoms with E-state index < -0.39 is 5.91 Å². The van der Waals surface area contributed by atoms with Crippen molar-refractivity contribution in [2.24, 2.45) is 5.73 Å². The first-order chi connectivity index (χ1) is 13.7. The molecule has 2 aromatic rings. The summed E-state index contributed by atoms with van der Waals surface area (Å²) in [6, 6.07) is 9.84. The Bertz CT molecular complexity index is 777. The molecule has 1 aromatic carbocycles. The average Bonchev–Trinajstić information content (AvgIpc) is 3.10. The molecule has 1 amide bonds. The van der Waals surface area contributed by atoms with Crippen LogP contribution in [-0.4, -0.2) is 30.6 Å². The zero-order valence-corrected chi connectivity index (χ0v) is 16.4. The number of rotatable bonds is 11. The highest BCUT2D eigenvalue weighted by molar-refractivity contribution is 5.92. The van der Waals surface area contributed by atoms with Gasteiger partial charge in [-0.05, 0) is 61.6 Å². The maximum Gasteiger partial charge on any atom is 0.250 e. The molecule has 0 radical (unpaired) electrons. The maximum absolute atomic E-state index is 11.1. The zero-order chi connectivity index (χ0) is 19.8. The maximum atomic E-state index is 11.1. The summed E-state index contributed by atoms with van der Waals surface area (Å²) in [7, 11) is 0. The second kappa shape index (κ2) is 10.2. The summed E-state index contributed by atoms with van der Waals surface area (Å²) in [5, 5.41) is 3.64. The number of primary amides is 1. The highest BCUT2D eigenvalue weighted by Crippen LogP contribution is 2.34. The Morgan fingerprint density at radius 1 is 1.25 bits per heavy atom. The number of benzene rings is 1. The minimum Gasteiger partial charge on any atom is -0.439 e. The summed E-state index contributed by atoms with van der Waals surface area (Å²) in [6.45, 7) is 4.83. The van der Waals surface area contributed by atoms with Crippen molar-refractivity contribution in [3.8, 4) is 11.6 Å². The number of aryl methyl sites for hydroxylation is 1. The minimum absolute atomic E-state index is 0.367. The molecule has 1 unspecified atom stereocenters. The fraction of sp³-hybridized carbons (Fsp3) is 0.455. The number of nitrogens with two attached hydrogens (primary N) is 1. The SMILES string of the molecule is CCCCOCCCNC1CCc2cc(Oc3ccc(C(N)=O)cn3)ccc21. The van der Waals surface area contributed by atoms with E-state index in [9.17, 15) is 4.79 Å². The lowest BCUT2D eigenvalue weighted by molar-refractivity contribution is 0.1000. The van der Waals surface area contributed by atoms with E-state index in [4.69, 9.17) is 15.2 Å². The normalized spacial score (nSPS) is 15.4. The second-order valence-electron chi connectivity index (χ2n) is 7.08. The van der Waals surface area contributed by atoms with Gasteiger partial charge in [-0.15, -0.1) is 0 Å². The van der Waals surface area contributed by atoms with Crippen LogP contribution in [-0.2, 0) is 11.2 Å². The number of pyridine rings is 1. The Morgan fingerprint density at radius 3 is 2.86 bits per heavy atom. The van der Waals surface area contributed by atoms with Gasteiger partial charge >= 0.3 is 0 Å². The summed E-state index contributed by atoms with van der Waals surface area (Å²) in [4.78, 5) is 15.2. The van der Waals surface area contributed by atoms with Crippen LogP contribution in [0.25, 0.3) is 0 Å². The zero-order valence-electron chi connectivity index (χ0n) is 16.4. The summed E-state index contributed by atoms with van der Waals surface area (Å²) in [6.07, 6.45) is 6.91. The smallest absolute Gasteiger partial charge is 0.250 e. The molecular weight excluding hydrogens is 354 g/mol. The third-order valence-electron chi connectivity index (χ3n) is 4.93. The van der Waals surface area contributed by atoms with Gasteiger partial charge in [0.2, 0.25) is 11.8 Å². The molecule has 3 N–H and O–H groups in total. The fourth-order valence-corrected chi connectivity index (χ4v) is 3.38. The molecule has 0 fully saturated rings. The van der Waals surface area contributed by atoms with Gasteiger partial charge in [0.25, 0.3) is 0 Å². The van der Waals surface area contributed by atoms with Crippen molar-refractivity contribution in [1.82, 2.24) is 10.3 Å². The number of aromatic nitrogens is 1. The Hall–Kier alpha value is -2.44. The summed E-state index contributed by atoms with van der Waals surface area (Å²) >= 11 is 0. The number of hydrogen-bond acceptors (Lipinski definition) is 5. The molecule has 28 heavy (non-hydrogen) atoms. The molecule has 1 atom stereocenters. The predicted molar refractivity (Wildman–Crippen MR) is 109 cm³/mol. The third-order valence-corrected chi connectivity index (χ3v) is 4.93. The van der Waals surface area contributed by atoms with Crippen LogP contribution in [0.4, 0.5) is 0 Å². The molecule has 6 nitrogen and oxygen atoms in total. The molecule has 3 rings (SSSR count). The summed E-state index contributed by atoms with van der Waals surface area (Å²) < 4.78 is 11.4. The minimum atomic E-state index is -0.498. The number of amides is 1. The second-order valence-corrected chi connectivity index (χ2v) is 7.08. The fourth-order valence-electron chi connectivity index (χ4n) is 3.38. The lowest BCUT2D eigenvalue weighted by atomic mass is 10.1. The molecule has 0 spiro atoms. The highest BCUT2D eigenvalue weighted by Gasteiger charge is 2.22. The van der Waals surface area contributed by atoms with Crippen molar-refractivity contribution in [3.63, 3.8) is 0 Å².